The molecule has 0 saturated carbocycles. The van der Waals surface area contributed by atoms with E-state index in [2.05, 4.69) is 27.4 Å². The molecule has 2 aromatic carbocycles. The van der Waals surface area contributed by atoms with E-state index in [0.29, 0.717) is 11.1 Å². The van der Waals surface area contributed by atoms with Crippen LogP contribution < -0.4 is 5.32 Å². The normalized spacial score (nSPS) is 12.2. The van der Waals surface area contributed by atoms with Crippen LogP contribution in [0.15, 0.2) is 70.4 Å². The molecule has 0 spiro atoms. The van der Waals surface area contributed by atoms with E-state index in [9.17, 15) is 4.79 Å². The minimum absolute atomic E-state index is 0.0127. The topological polar surface area (TPSA) is 83.8 Å². The van der Waals surface area contributed by atoms with Crippen LogP contribution in [0.1, 0.15) is 31.4 Å². The van der Waals surface area contributed by atoms with E-state index >= 15 is 0 Å². The standard InChI is InChI=1S/C22H22N4O2S/c1-2-8-18(15-9-4-3-5-10-15)24-20(27)14-29-22-26-25-21(28-22)17-13-23-19-12-7-6-11-16(17)19/h3-7,9-13,18,23H,2,8,14H2,1H3,(H,24,27)/t18-/m1/s1. The van der Waals surface area contributed by atoms with Crippen LogP contribution in [0.4, 0.5) is 0 Å². The van der Waals surface area contributed by atoms with Crippen molar-refractivity contribution in [2.24, 2.45) is 0 Å². The Hall–Kier alpha value is -3.06. The Morgan fingerprint density at radius 3 is 2.76 bits per heavy atom. The molecule has 29 heavy (non-hydrogen) atoms. The molecule has 4 rings (SSSR count). The summed E-state index contributed by atoms with van der Waals surface area (Å²) in [6.45, 7) is 2.11. The number of para-hydroxylation sites is 1. The van der Waals surface area contributed by atoms with Crippen molar-refractivity contribution in [3.05, 3.63) is 66.4 Å². The van der Waals surface area contributed by atoms with E-state index in [0.717, 1.165) is 34.9 Å². The molecule has 0 unspecified atom stereocenters. The third kappa shape index (κ3) is 4.51. The second-order valence-corrected chi connectivity index (χ2v) is 7.66. The van der Waals surface area contributed by atoms with Crippen LogP contribution in [0.3, 0.4) is 0 Å². The highest BCUT2D eigenvalue weighted by molar-refractivity contribution is 7.99. The Kier molecular flexibility index (Phi) is 5.95. The number of nitrogens with one attached hydrogen (secondary N) is 2. The van der Waals surface area contributed by atoms with Crippen LogP contribution in [0, 0.1) is 0 Å². The van der Waals surface area contributed by atoms with E-state index in [1.54, 1.807) is 0 Å². The van der Waals surface area contributed by atoms with Crippen LogP contribution in [0.5, 0.6) is 0 Å². The van der Waals surface area contributed by atoms with Gasteiger partial charge in [0, 0.05) is 17.1 Å². The summed E-state index contributed by atoms with van der Waals surface area (Å²) >= 11 is 1.24. The number of hydrogen-bond donors (Lipinski definition) is 2. The molecule has 0 aliphatic heterocycles. The molecule has 4 aromatic rings. The highest BCUT2D eigenvalue weighted by Crippen LogP contribution is 2.29. The molecule has 0 aliphatic rings. The molecule has 0 bridgehead atoms. The number of H-pyrrole nitrogens is 1. The van der Waals surface area contributed by atoms with Crippen LogP contribution in [-0.4, -0.2) is 26.8 Å². The summed E-state index contributed by atoms with van der Waals surface area (Å²) in [5.41, 5.74) is 2.99. The molecule has 1 amide bonds. The summed E-state index contributed by atoms with van der Waals surface area (Å²) in [7, 11) is 0. The molecular formula is C22H22N4O2S. The molecule has 0 radical (unpaired) electrons. The maximum atomic E-state index is 12.5. The molecule has 0 fully saturated rings. The first-order chi connectivity index (χ1) is 14.2. The number of thioether (sulfide) groups is 1. The molecular weight excluding hydrogens is 384 g/mol. The average Bonchev–Trinajstić information content (AvgIpc) is 3.39. The Balaban J connectivity index is 1.38. The Morgan fingerprint density at radius 1 is 1.14 bits per heavy atom. The third-order valence-corrected chi connectivity index (χ3v) is 5.49. The minimum Gasteiger partial charge on any atom is -0.411 e. The first-order valence-corrected chi connectivity index (χ1v) is 10.6. The molecule has 7 heteroatoms. The van der Waals surface area contributed by atoms with Gasteiger partial charge in [0.15, 0.2) is 0 Å². The molecule has 0 saturated heterocycles. The van der Waals surface area contributed by atoms with Gasteiger partial charge in [-0.1, -0.05) is 73.6 Å². The second-order valence-electron chi connectivity index (χ2n) is 6.73. The summed E-state index contributed by atoms with van der Waals surface area (Å²) in [6, 6.07) is 18.0. The van der Waals surface area contributed by atoms with Gasteiger partial charge in [-0.25, -0.2) is 0 Å². The van der Waals surface area contributed by atoms with Crippen molar-refractivity contribution in [2.75, 3.05) is 5.75 Å². The van der Waals surface area contributed by atoms with Gasteiger partial charge in [0.1, 0.15) is 0 Å². The number of aromatic amines is 1. The third-order valence-electron chi connectivity index (χ3n) is 4.67. The maximum Gasteiger partial charge on any atom is 0.277 e. The number of hydrogen-bond acceptors (Lipinski definition) is 5. The Bertz CT molecular complexity index is 1090. The summed E-state index contributed by atoms with van der Waals surface area (Å²) in [4.78, 5) is 15.7. The zero-order valence-electron chi connectivity index (χ0n) is 16.1. The lowest BCUT2D eigenvalue weighted by Crippen LogP contribution is -2.29. The predicted molar refractivity (Wildman–Crippen MR) is 115 cm³/mol. The number of benzene rings is 2. The number of carbonyl (C=O) groups is 1. The van der Waals surface area contributed by atoms with Gasteiger partial charge in [0.05, 0.1) is 17.4 Å². The lowest BCUT2D eigenvalue weighted by molar-refractivity contribution is -0.119. The van der Waals surface area contributed by atoms with Crippen molar-refractivity contribution >= 4 is 28.6 Å². The van der Waals surface area contributed by atoms with Crippen molar-refractivity contribution in [3.63, 3.8) is 0 Å². The quantitative estimate of drug-likeness (QED) is 0.404. The molecule has 2 N–H and O–H groups in total. The van der Waals surface area contributed by atoms with Gasteiger partial charge in [-0.3, -0.25) is 4.79 Å². The molecule has 148 valence electrons. The Labute approximate surface area is 173 Å². The molecule has 6 nitrogen and oxygen atoms in total. The SMILES string of the molecule is CCC[C@@H](NC(=O)CSc1nnc(-c2c[nH]c3ccccc23)o1)c1ccccc1. The van der Waals surface area contributed by atoms with Crippen molar-refractivity contribution in [1.29, 1.82) is 0 Å². The number of carbonyl (C=O) groups excluding carboxylic acids is 1. The van der Waals surface area contributed by atoms with Crippen molar-refractivity contribution in [1.82, 2.24) is 20.5 Å². The predicted octanol–water partition coefficient (Wildman–Crippen LogP) is 4.97. The fraction of sp³-hybridized carbons (Fsp3) is 0.227. The van der Waals surface area contributed by atoms with Gasteiger partial charge < -0.3 is 14.7 Å². The van der Waals surface area contributed by atoms with Crippen LogP contribution >= 0.6 is 11.8 Å². The van der Waals surface area contributed by atoms with E-state index in [1.165, 1.54) is 11.8 Å². The van der Waals surface area contributed by atoms with Crippen molar-refractivity contribution < 1.29 is 9.21 Å². The monoisotopic (exact) mass is 406 g/mol. The smallest absolute Gasteiger partial charge is 0.277 e. The molecule has 2 aromatic heterocycles. The molecule has 2 heterocycles. The number of aromatic nitrogens is 3. The first kappa shape index (κ1) is 19.3. The zero-order chi connectivity index (χ0) is 20.1. The highest BCUT2D eigenvalue weighted by Gasteiger charge is 2.17. The lowest BCUT2D eigenvalue weighted by Gasteiger charge is -2.18. The van der Waals surface area contributed by atoms with E-state index in [-0.39, 0.29) is 17.7 Å². The van der Waals surface area contributed by atoms with Gasteiger partial charge in [-0.15, -0.1) is 10.2 Å². The van der Waals surface area contributed by atoms with E-state index < -0.39 is 0 Å². The van der Waals surface area contributed by atoms with Crippen molar-refractivity contribution in [2.45, 2.75) is 31.0 Å². The second kappa shape index (κ2) is 8.96. The molecule has 1 atom stereocenters. The number of fused-ring (bicyclic) bond motifs is 1. The van der Waals surface area contributed by atoms with Crippen LogP contribution in [-0.2, 0) is 4.79 Å². The van der Waals surface area contributed by atoms with E-state index in [4.69, 9.17) is 4.42 Å². The van der Waals surface area contributed by atoms with E-state index in [1.807, 2.05) is 60.8 Å². The van der Waals surface area contributed by atoms with Gasteiger partial charge >= 0.3 is 0 Å². The summed E-state index contributed by atoms with van der Waals surface area (Å²) in [6.07, 6.45) is 3.74. The lowest BCUT2D eigenvalue weighted by atomic mass is 10.0. The molecule has 0 aliphatic carbocycles. The van der Waals surface area contributed by atoms with Crippen LogP contribution in [0.2, 0.25) is 0 Å². The summed E-state index contributed by atoms with van der Waals surface area (Å²) in [5.74, 6) is 0.616. The van der Waals surface area contributed by atoms with Crippen molar-refractivity contribution in [3.8, 4) is 11.5 Å². The fourth-order valence-electron chi connectivity index (χ4n) is 3.28. The zero-order valence-corrected chi connectivity index (χ0v) is 16.9. The van der Waals surface area contributed by atoms with Gasteiger partial charge in [0.2, 0.25) is 5.91 Å². The van der Waals surface area contributed by atoms with Gasteiger partial charge in [-0.2, -0.15) is 0 Å². The average molecular weight is 407 g/mol. The van der Waals surface area contributed by atoms with Gasteiger partial charge in [-0.05, 0) is 18.1 Å². The number of amides is 1. The fourth-order valence-corrected chi connectivity index (χ4v) is 3.86. The number of rotatable bonds is 8. The van der Waals surface area contributed by atoms with Gasteiger partial charge in [0.25, 0.3) is 11.1 Å². The maximum absolute atomic E-state index is 12.5. The highest BCUT2D eigenvalue weighted by atomic mass is 32.2. The first-order valence-electron chi connectivity index (χ1n) is 9.61. The Morgan fingerprint density at radius 2 is 1.93 bits per heavy atom. The minimum atomic E-state index is -0.0517. The summed E-state index contributed by atoms with van der Waals surface area (Å²) < 4.78 is 5.76. The largest absolute Gasteiger partial charge is 0.411 e. The summed E-state index contributed by atoms with van der Waals surface area (Å²) in [5, 5.41) is 12.7. The number of nitrogens with zero attached hydrogens (tertiary/aromatic N) is 2. The van der Waals surface area contributed by atoms with Crippen LogP contribution in [0.25, 0.3) is 22.4 Å².